The largest absolute Gasteiger partial charge is 0.493 e. The fourth-order valence-electron chi connectivity index (χ4n) is 2.59. The van der Waals surface area contributed by atoms with E-state index in [1.165, 1.54) is 33.5 Å². The van der Waals surface area contributed by atoms with Crippen molar-refractivity contribution in [2.24, 2.45) is 0 Å². The minimum Gasteiger partial charge on any atom is -0.493 e. The molecule has 3 rings (SSSR count). The average Bonchev–Trinajstić information content (AvgIpc) is 3.08. The molecule has 0 fully saturated rings. The summed E-state index contributed by atoms with van der Waals surface area (Å²) >= 11 is 0. The van der Waals surface area contributed by atoms with Crippen LogP contribution in [0.5, 0.6) is 11.5 Å². The lowest BCUT2D eigenvalue weighted by molar-refractivity contribution is -0.384. The third kappa shape index (κ3) is 2.90. The number of aromatic nitrogens is 2. The van der Waals surface area contributed by atoms with Crippen LogP contribution in [0.3, 0.4) is 0 Å². The second-order valence-electron chi connectivity index (χ2n) is 5.29. The number of nitro benzene ring substituents is 1. The van der Waals surface area contributed by atoms with Gasteiger partial charge in [-0.3, -0.25) is 10.1 Å². The third-order valence-electron chi connectivity index (χ3n) is 3.86. The second kappa shape index (κ2) is 6.71. The van der Waals surface area contributed by atoms with E-state index in [0.29, 0.717) is 28.4 Å². The Hall–Kier alpha value is -3.62. The summed E-state index contributed by atoms with van der Waals surface area (Å²) in [6.07, 6.45) is 0. The normalized spacial score (nSPS) is 10.6. The Morgan fingerprint density at radius 3 is 2.42 bits per heavy atom. The molecule has 0 aliphatic heterocycles. The summed E-state index contributed by atoms with van der Waals surface area (Å²) in [5.74, 6) is 0.636. The quantitative estimate of drug-likeness (QED) is 0.424. The molecule has 134 valence electrons. The van der Waals surface area contributed by atoms with Crippen LogP contribution in [0.4, 0.5) is 5.69 Å². The van der Waals surface area contributed by atoms with Crippen LogP contribution < -0.4 is 9.47 Å². The maximum Gasteiger partial charge on any atom is 0.338 e. The number of carbonyl (C=O) groups is 1. The summed E-state index contributed by atoms with van der Waals surface area (Å²) in [6, 6.07) is 7.43. The highest BCUT2D eigenvalue weighted by molar-refractivity contribution is 5.92. The number of H-pyrrole nitrogens is 1. The number of ether oxygens (including phenoxy) is 3. The van der Waals surface area contributed by atoms with Gasteiger partial charge in [0.1, 0.15) is 5.82 Å². The van der Waals surface area contributed by atoms with E-state index in [1.807, 2.05) is 0 Å². The molecule has 1 N–H and O–H groups in total. The number of nitrogens with zero attached hydrogens (tertiary/aromatic N) is 2. The third-order valence-corrected chi connectivity index (χ3v) is 3.86. The Morgan fingerprint density at radius 2 is 1.81 bits per heavy atom. The number of nitrogens with one attached hydrogen (secondary N) is 1. The fourth-order valence-corrected chi connectivity index (χ4v) is 2.59. The first kappa shape index (κ1) is 17.2. The summed E-state index contributed by atoms with van der Waals surface area (Å²) in [6.45, 7) is 0. The Morgan fingerprint density at radius 1 is 1.12 bits per heavy atom. The highest BCUT2D eigenvalue weighted by atomic mass is 16.6. The molecular weight excluding hydrogens is 342 g/mol. The average molecular weight is 357 g/mol. The highest BCUT2D eigenvalue weighted by Crippen LogP contribution is 2.35. The van der Waals surface area contributed by atoms with Crippen molar-refractivity contribution < 1.29 is 23.9 Å². The summed E-state index contributed by atoms with van der Waals surface area (Å²) in [4.78, 5) is 29.9. The molecule has 9 nitrogen and oxygen atoms in total. The van der Waals surface area contributed by atoms with E-state index < -0.39 is 10.9 Å². The maximum atomic E-state index is 11.6. The van der Waals surface area contributed by atoms with Crippen LogP contribution in [-0.4, -0.2) is 42.2 Å². The Labute approximate surface area is 147 Å². The number of hydrogen-bond donors (Lipinski definition) is 1. The van der Waals surface area contributed by atoms with Crippen LogP contribution in [0.25, 0.3) is 22.4 Å². The van der Waals surface area contributed by atoms with Gasteiger partial charge in [-0.05, 0) is 12.1 Å². The van der Waals surface area contributed by atoms with Gasteiger partial charge in [-0.15, -0.1) is 0 Å². The van der Waals surface area contributed by atoms with Gasteiger partial charge in [-0.2, -0.15) is 0 Å². The van der Waals surface area contributed by atoms with E-state index in [2.05, 4.69) is 14.7 Å². The van der Waals surface area contributed by atoms with Crippen molar-refractivity contribution in [3.05, 3.63) is 46.0 Å². The zero-order valence-corrected chi connectivity index (χ0v) is 14.2. The lowest BCUT2D eigenvalue weighted by atomic mass is 10.1. The van der Waals surface area contributed by atoms with Crippen molar-refractivity contribution in [2.45, 2.75) is 0 Å². The Bertz CT molecular complexity index is 970. The predicted octanol–water partition coefficient (Wildman–Crippen LogP) is 2.94. The molecule has 0 spiro atoms. The number of imidazole rings is 1. The molecule has 0 aliphatic carbocycles. The van der Waals surface area contributed by atoms with Crippen LogP contribution >= 0.6 is 0 Å². The monoisotopic (exact) mass is 357 g/mol. The molecule has 0 bridgehead atoms. The Balaban J connectivity index is 2.16. The number of aromatic amines is 1. The van der Waals surface area contributed by atoms with Crippen LogP contribution in [-0.2, 0) is 4.74 Å². The van der Waals surface area contributed by atoms with Gasteiger partial charge < -0.3 is 19.2 Å². The standard InChI is InChI=1S/C17H15N3O6/c1-24-14-7-11-12(8-15(14)25-2)19-16(18-11)10-5-4-9(17(21)26-3)6-13(10)20(22)23/h4-8H,1-3H3,(H,18,19). The van der Waals surface area contributed by atoms with Crippen molar-refractivity contribution in [3.63, 3.8) is 0 Å². The second-order valence-corrected chi connectivity index (χ2v) is 5.29. The first-order chi connectivity index (χ1) is 12.5. The van der Waals surface area contributed by atoms with E-state index in [1.54, 1.807) is 12.1 Å². The molecule has 1 heterocycles. The SMILES string of the molecule is COC(=O)c1ccc(-c2nc3cc(OC)c(OC)cc3[nH]2)c([N+](=O)[O-])c1. The number of methoxy groups -OCH3 is 3. The lowest BCUT2D eigenvalue weighted by Crippen LogP contribution is -2.03. The summed E-state index contributed by atoms with van der Waals surface area (Å²) in [5, 5.41) is 11.4. The number of carbonyl (C=O) groups excluding carboxylic acids is 1. The van der Waals surface area contributed by atoms with Gasteiger partial charge in [0, 0.05) is 18.2 Å². The molecular formula is C17H15N3O6. The number of benzene rings is 2. The van der Waals surface area contributed by atoms with Crippen LogP contribution in [0.1, 0.15) is 10.4 Å². The van der Waals surface area contributed by atoms with Crippen LogP contribution in [0.15, 0.2) is 30.3 Å². The van der Waals surface area contributed by atoms with E-state index in [4.69, 9.17) is 9.47 Å². The van der Waals surface area contributed by atoms with Crippen molar-refractivity contribution >= 4 is 22.7 Å². The first-order valence-electron chi connectivity index (χ1n) is 7.47. The van der Waals surface area contributed by atoms with Gasteiger partial charge in [0.25, 0.3) is 5.69 Å². The maximum absolute atomic E-state index is 11.6. The number of rotatable bonds is 5. The van der Waals surface area contributed by atoms with Crippen LogP contribution in [0.2, 0.25) is 0 Å². The number of hydrogen-bond acceptors (Lipinski definition) is 7. The van der Waals surface area contributed by atoms with Gasteiger partial charge in [0.2, 0.25) is 0 Å². The van der Waals surface area contributed by atoms with Gasteiger partial charge in [-0.1, -0.05) is 0 Å². The number of nitro groups is 1. The van der Waals surface area contributed by atoms with E-state index in [9.17, 15) is 14.9 Å². The molecule has 0 saturated heterocycles. The van der Waals surface area contributed by atoms with Crippen molar-refractivity contribution in [3.8, 4) is 22.9 Å². The molecule has 3 aromatic rings. The van der Waals surface area contributed by atoms with Crippen LogP contribution in [0, 0.1) is 10.1 Å². The molecule has 26 heavy (non-hydrogen) atoms. The molecule has 0 unspecified atom stereocenters. The van der Waals surface area contributed by atoms with Gasteiger partial charge in [-0.25, -0.2) is 9.78 Å². The zero-order chi connectivity index (χ0) is 18.8. The van der Waals surface area contributed by atoms with Gasteiger partial charge in [0.05, 0.1) is 48.4 Å². The minimum absolute atomic E-state index is 0.0856. The molecule has 0 radical (unpaired) electrons. The van der Waals surface area contributed by atoms with Crippen molar-refractivity contribution in [1.29, 1.82) is 0 Å². The van der Waals surface area contributed by atoms with Crippen molar-refractivity contribution in [1.82, 2.24) is 9.97 Å². The predicted molar refractivity (Wildman–Crippen MR) is 92.6 cm³/mol. The van der Waals surface area contributed by atoms with E-state index in [-0.39, 0.29) is 16.8 Å². The molecule has 0 aliphatic rings. The van der Waals surface area contributed by atoms with Gasteiger partial charge in [0.15, 0.2) is 11.5 Å². The lowest BCUT2D eigenvalue weighted by Gasteiger charge is -2.06. The molecule has 0 saturated carbocycles. The topological polar surface area (TPSA) is 117 Å². The zero-order valence-electron chi connectivity index (χ0n) is 14.2. The highest BCUT2D eigenvalue weighted by Gasteiger charge is 2.22. The number of esters is 1. The van der Waals surface area contributed by atoms with E-state index >= 15 is 0 Å². The fraction of sp³-hybridized carbons (Fsp3) is 0.176. The molecule has 9 heteroatoms. The smallest absolute Gasteiger partial charge is 0.338 e. The Kier molecular flexibility index (Phi) is 4.44. The van der Waals surface area contributed by atoms with E-state index in [0.717, 1.165) is 6.07 Å². The summed E-state index contributed by atoms with van der Waals surface area (Å²) < 4.78 is 15.1. The van der Waals surface area contributed by atoms with Gasteiger partial charge >= 0.3 is 5.97 Å². The first-order valence-corrected chi connectivity index (χ1v) is 7.47. The molecule has 0 atom stereocenters. The van der Waals surface area contributed by atoms with Crippen molar-refractivity contribution in [2.75, 3.05) is 21.3 Å². The molecule has 2 aromatic carbocycles. The summed E-state index contributed by atoms with van der Waals surface area (Å²) in [5.41, 5.74) is 1.26. The summed E-state index contributed by atoms with van der Waals surface area (Å²) in [7, 11) is 4.23. The number of fused-ring (bicyclic) bond motifs is 1. The molecule has 0 amide bonds. The molecule has 1 aromatic heterocycles. The minimum atomic E-state index is -0.654.